The van der Waals surface area contributed by atoms with E-state index in [2.05, 4.69) is 4.74 Å². The minimum Gasteiger partial charge on any atom is -0.478 e. The van der Waals surface area contributed by atoms with Crippen molar-refractivity contribution < 1.29 is 51.3 Å². The van der Waals surface area contributed by atoms with E-state index >= 15 is 0 Å². The number of ether oxygens (including phenoxy) is 2. The fraction of sp³-hybridized carbons (Fsp3) is 0.304. The van der Waals surface area contributed by atoms with Gasteiger partial charge in [0.2, 0.25) is 5.91 Å². The SMILES string of the molecule is COC(=O)CC(NC(=O)OCc1ccccc1)C(=O)N(Cc1cc(C(=O)O)ccc1F)CC(F)(F)F. The van der Waals surface area contributed by atoms with Crippen molar-refractivity contribution in [3.8, 4) is 0 Å². The lowest BCUT2D eigenvalue weighted by atomic mass is 10.1. The Morgan fingerprint density at radius 1 is 1.08 bits per heavy atom. The van der Waals surface area contributed by atoms with E-state index in [1.807, 2.05) is 5.32 Å². The molecule has 9 nitrogen and oxygen atoms in total. The summed E-state index contributed by atoms with van der Waals surface area (Å²) in [6.07, 6.45) is -6.99. The number of amides is 2. The number of rotatable bonds is 10. The van der Waals surface area contributed by atoms with Crippen LogP contribution in [-0.2, 0) is 32.2 Å². The molecule has 0 aromatic heterocycles. The molecule has 0 bridgehead atoms. The maximum Gasteiger partial charge on any atom is 0.408 e. The topological polar surface area (TPSA) is 122 Å². The molecule has 0 fully saturated rings. The van der Waals surface area contributed by atoms with E-state index in [-0.39, 0.29) is 11.5 Å². The first-order valence-electron chi connectivity index (χ1n) is 10.3. The molecule has 2 aromatic rings. The van der Waals surface area contributed by atoms with Crippen molar-refractivity contribution in [3.05, 3.63) is 71.0 Å². The van der Waals surface area contributed by atoms with Crippen molar-refractivity contribution in [1.29, 1.82) is 0 Å². The number of halogens is 4. The molecule has 0 aliphatic heterocycles. The fourth-order valence-electron chi connectivity index (χ4n) is 3.04. The Labute approximate surface area is 202 Å². The third-order valence-electron chi connectivity index (χ3n) is 4.74. The molecule has 0 heterocycles. The van der Waals surface area contributed by atoms with Crippen molar-refractivity contribution in [3.63, 3.8) is 0 Å². The summed E-state index contributed by atoms with van der Waals surface area (Å²) in [5.41, 5.74) is -0.355. The van der Waals surface area contributed by atoms with Crippen LogP contribution in [-0.4, -0.2) is 59.8 Å². The molecule has 0 saturated heterocycles. The van der Waals surface area contributed by atoms with Gasteiger partial charge in [0, 0.05) is 12.1 Å². The Kier molecular flexibility index (Phi) is 9.76. The van der Waals surface area contributed by atoms with Crippen molar-refractivity contribution in [1.82, 2.24) is 10.2 Å². The van der Waals surface area contributed by atoms with Gasteiger partial charge in [-0.25, -0.2) is 14.0 Å². The molecule has 0 radical (unpaired) electrons. The van der Waals surface area contributed by atoms with E-state index in [1.54, 1.807) is 30.3 Å². The van der Waals surface area contributed by atoms with Crippen LogP contribution in [0.5, 0.6) is 0 Å². The van der Waals surface area contributed by atoms with Crippen molar-refractivity contribution in [2.24, 2.45) is 0 Å². The number of carboxylic acid groups (broad SMARTS) is 1. The molecule has 194 valence electrons. The Bertz CT molecular complexity index is 1090. The van der Waals surface area contributed by atoms with Gasteiger partial charge >= 0.3 is 24.2 Å². The number of esters is 1. The normalized spacial score (nSPS) is 11.8. The van der Waals surface area contributed by atoms with Gasteiger partial charge in [-0.1, -0.05) is 30.3 Å². The number of alkyl carbamates (subject to hydrolysis) is 1. The van der Waals surface area contributed by atoms with Gasteiger partial charge in [0.1, 0.15) is 25.0 Å². The lowest BCUT2D eigenvalue weighted by molar-refractivity contribution is -0.164. The van der Waals surface area contributed by atoms with Gasteiger partial charge in [0.15, 0.2) is 0 Å². The van der Waals surface area contributed by atoms with Gasteiger partial charge in [0.05, 0.1) is 19.1 Å². The van der Waals surface area contributed by atoms with Crippen LogP contribution in [0.3, 0.4) is 0 Å². The molecule has 36 heavy (non-hydrogen) atoms. The van der Waals surface area contributed by atoms with Gasteiger partial charge in [-0.3, -0.25) is 9.59 Å². The van der Waals surface area contributed by atoms with E-state index < -0.39 is 72.6 Å². The van der Waals surface area contributed by atoms with E-state index in [9.17, 15) is 36.7 Å². The Balaban J connectivity index is 2.28. The van der Waals surface area contributed by atoms with Crippen molar-refractivity contribution in [2.75, 3.05) is 13.7 Å². The van der Waals surface area contributed by atoms with Crippen LogP contribution in [0.4, 0.5) is 22.4 Å². The lowest BCUT2D eigenvalue weighted by Gasteiger charge is -2.28. The van der Waals surface area contributed by atoms with Gasteiger partial charge in [0.25, 0.3) is 0 Å². The number of hydrogen-bond donors (Lipinski definition) is 2. The quantitative estimate of drug-likeness (QED) is 0.369. The summed E-state index contributed by atoms with van der Waals surface area (Å²) in [7, 11) is 0.970. The van der Waals surface area contributed by atoms with Crippen LogP contribution >= 0.6 is 0 Å². The number of hydrogen-bond acceptors (Lipinski definition) is 6. The van der Waals surface area contributed by atoms with Crippen molar-refractivity contribution in [2.45, 2.75) is 31.8 Å². The number of carbonyl (C=O) groups excluding carboxylic acids is 3. The molecule has 1 atom stereocenters. The van der Waals surface area contributed by atoms with E-state index in [0.717, 1.165) is 25.3 Å². The third kappa shape index (κ3) is 8.89. The Morgan fingerprint density at radius 3 is 2.33 bits per heavy atom. The van der Waals surface area contributed by atoms with Crippen LogP contribution in [0.25, 0.3) is 0 Å². The molecule has 0 aliphatic rings. The maximum atomic E-state index is 14.3. The zero-order chi connectivity index (χ0) is 26.9. The average Bonchev–Trinajstić information content (AvgIpc) is 2.82. The zero-order valence-corrected chi connectivity index (χ0v) is 18.9. The summed E-state index contributed by atoms with van der Waals surface area (Å²) < 4.78 is 63.4. The van der Waals surface area contributed by atoms with E-state index in [0.29, 0.717) is 5.56 Å². The molecule has 0 spiro atoms. The molecular weight excluding hydrogens is 492 g/mol. The summed E-state index contributed by atoms with van der Waals surface area (Å²) in [5.74, 6) is -4.94. The van der Waals surface area contributed by atoms with Crippen LogP contribution in [0.2, 0.25) is 0 Å². The van der Waals surface area contributed by atoms with Crippen LogP contribution in [0.1, 0.15) is 27.9 Å². The van der Waals surface area contributed by atoms with E-state index in [4.69, 9.17) is 9.84 Å². The summed E-state index contributed by atoms with van der Waals surface area (Å²) in [4.78, 5) is 48.4. The third-order valence-corrected chi connectivity index (χ3v) is 4.74. The average molecular weight is 514 g/mol. The molecule has 13 heteroatoms. The second-order valence-electron chi connectivity index (χ2n) is 7.46. The highest BCUT2D eigenvalue weighted by Crippen LogP contribution is 2.21. The number of methoxy groups -OCH3 is 1. The largest absolute Gasteiger partial charge is 0.478 e. The maximum absolute atomic E-state index is 14.3. The highest BCUT2D eigenvalue weighted by atomic mass is 19.4. The number of benzene rings is 2. The first kappa shape index (κ1) is 28.1. The smallest absolute Gasteiger partial charge is 0.408 e. The molecule has 2 aromatic carbocycles. The highest BCUT2D eigenvalue weighted by Gasteiger charge is 2.37. The summed E-state index contributed by atoms with van der Waals surface area (Å²) >= 11 is 0. The Morgan fingerprint density at radius 2 is 1.75 bits per heavy atom. The molecule has 0 saturated carbocycles. The predicted octanol–water partition coefficient (Wildman–Crippen LogP) is 3.27. The summed E-state index contributed by atoms with van der Waals surface area (Å²) in [5, 5.41) is 11.1. The fourth-order valence-corrected chi connectivity index (χ4v) is 3.04. The minimum absolute atomic E-state index is 0.148. The molecule has 0 aliphatic carbocycles. The molecule has 2 N–H and O–H groups in total. The number of nitrogens with zero attached hydrogens (tertiary/aromatic N) is 1. The van der Waals surface area contributed by atoms with Gasteiger partial charge < -0.3 is 24.8 Å². The summed E-state index contributed by atoms with van der Waals surface area (Å²) in [6.45, 7) is -3.10. The number of alkyl halides is 3. The van der Waals surface area contributed by atoms with Crippen molar-refractivity contribution >= 4 is 23.9 Å². The molecule has 2 rings (SSSR count). The number of carboxylic acids is 1. The first-order chi connectivity index (χ1) is 16.9. The van der Waals surface area contributed by atoms with E-state index in [1.165, 1.54) is 0 Å². The zero-order valence-electron chi connectivity index (χ0n) is 18.9. The number of aromatic carboxylic acids is 1. The monoisotopic (exact) mass is 514 g/mol. The second-order valence-corrected chi connectivity index (χ2v) is 7.46. The van der Waals surface area contributed by atoms with Gasteiger partial charge in [-0.05, 0) is 23.8 Å². The van der Waals surface area contributed by atoms with Crippen LogP contribution < -0.4 is 5.32 Å². The van der Waals surface area contributed by atoms with Crippen LogP contribution in [0.15, 0.2) is 48.5 Å². The molecule has 2 amide bonds. The number of carbonyl (C=O) groups is 4. The number of nitrogens with one attached hydrogen (secondary N) is 1. The highest BCUT2D eigenvalue weighted by molar-refractivity contribution is 5.90. The molecular formula is C23H22F4N2O7. The van der Waals surface area contributed by atoms with Gasteiger partial charge in [-0.15, -0.1) is 0 Å². The first-order valence-corrected chi connectivity index (χ1v) is 10.3. The minimum atomic E-state index is -4.94. The molecule has 1 unspecified atom stereocenters. The Hall–Kier alpha value is -4.16. The second kappa shape index (κ2) is 12.5. The lowest BCUT2D eigenvalue weighted by Crippen LogP contribution is -2.51. The predicted molar refractivity (Wildman–Crippen MR) is 115 cm³/mol. The van der Waals surface area contributed by atoms with Gasteiger partial charge in [-0.2, -0.15) is 13.2 Å². The standard InChI is InChI=1S/C23H22F4N2O7/c1-35-19(30)10-18(28-22(34)36-12-14-5-3-2-4-6-14)20(31)29(13-23(25,26)27)11-16-9-15(21(32)33)7-8-17(16)24/h2-9,18H,10-13H2,1H3,(H,28,34)(H,32,33). The van der Waals surface area contributed by atoms with Crippen LogP contribution in [0, 0.1) is 5.82 Å². The summed E-state index contributed by atoms with van der Waals surface area (Å²) in [6, 6.07) is 8.91.